The van der Waals surface area contributed by atoms with E-state index in [1.54, 1.807) is 0 Å². The number of halogens is 1. The van der Waals surface area contributed by atoms with Crippen molar-refractivity contribution in [2.75, 3.05) is 18.5 Å². The predicted octanol–water partition coefficient (Wildman–Crippen LogP) is 3.36. The molecule has 1 aliphatic rings. The number of aryl methyl sites for hydroxylation is 1. The average molecular weight is 268 g/mol. The van der Waals surface area contributed by atoms with Gasteiger partial charge in [0.2, 0.25) is 5.95 Å². The number of hydrogen-bond acceptors (Lipinski definition) is 3. The van der Waals surface area contributed by atoms with E-state index in [9.17, 15) is 0 Å². The first-order valence-electron chi connectivity index (χ1n) is 6.66. The van der Waals surface area contributed by atoms with Crippen LogP contribution in [0.3, 0.4) is 0 Å². The molecule has 0 spiro atoms. The summed E-state index contributed by atoms with van der Waals surface area (Å²) >= 11 is 6.02. The molecule has 1 aliphatic carbocycles. The van der Waals surface area contributed by atoms with Gasteiger partial charge in [0.15, 0.2) is 0 Å². The zero-order valence-electron chi connectivity index (χ0n) is 11.7. The molecule has 1 heterocycles. The van der Waals surface area contributed by atoms with Crippen LogP contribution in [0.5, 0.6) is 0 Å². The highest BCUT2D eigenvalue weighted by atomic mass is 35.5. The third-order valence-corrected chi connectivity index (χ3v) is 3.86. The van der Waals surface area contributed by atoms with Gasteiger partial charge < -0.3 is 4.90 Å². The molecule has 0 aromatic carbocycles. The summed E-state index contributed by atoms with van der Waals surface area (Å²) in [4.78, 5) is 11.3. The number of aromatic nitrogens is 2. The molecule has 1 fully saturated rings. The van der Waals surface area contributed by atoms with Crippen molar-refractivity contribution in [3.63, 3.8) is 0 Å². The van der Waals surface area contributed by atoms with Crippen molar-refractivity contribution < 1.29 is 0 Å². The molecule has 1 aromatic heterocycles. The monoisotopic (exact) mass is 267 g/mol. The van der Waals surface area contributed by atoms with E-state index in [-0.39, 0.29) is 0 Å². The Balaban J connectivity index is 2.07. The lowest BCUT2D eigenvalue weighted by Crippen LogP contribution is -2.35. The minimum Gasteiger partial charge on any atom is -0.344 e. The highest BCUT2D eigenvalue weighted by molar-refractivity contribution is 6.21. The molecule has 0 amide bonds. The van der Waals surface area contributed by atoms with E-state index in [0.717, 1.165) is 36.7 Å². The third-order valence-electron chi connectivity index (χ3n) is 3.51. The maximum atomic E-state index is 6.02. The van der Waals surface area contributed by atoms with Crippen molar-refractivity contribution >= 4 is 17.5 Å². The Labute approximate surface area is 115 Å². The van der Waals surface area contributed by atoms with Gasteiger partial charge in [-0.3, -0.25) is 0 Å². The highest BCUT2D eigenvalue weighted by Crippen LogP contribution is 2.32. The summed E-state index contributed by atoms with van der Waals surface area (Å²) in [7, 11) is 2.07. The van der Waals surface area contributed by atoms with Gasteiger partial charge in [0, 0.05) is 30.4 Å². The van der Waals surface area contributed by atoms with Crippen molar-refractivity contribution in [2.45, 2.75) is 44.9 Å². The van der Waals surface area contributed by atoms with E-state index in [2.05, 4.69) is 41.8 Å². The van der Waals surface area contributed by atoms with Gasteiger partial charge >= 0.3 is 0 Å². The Morgan fingerprint density at radius 1 is 1.39 bits per heavy atom. The highest BCUT2D eigenvalue weighted by Gasteiger charge is 2.28. The minimum atomic E-state index is 0.382. The summed E-state index contributed by atoms with van der Waals surface area (Å²) < 4.78 is 0. The molecular formula is C14H22ClN3. The molecule has 3 nitrogen and oxygen atoms in total. The van der Waals surface area contributed by atoms with Gasteiger partial charge in [-0.25, -0.2) is 9.97 Å². The fourth-order valence-corrected chi connectivity index (χ4v) is 2.82. The lowest BCUT2D eigenvalue weighted by molar-refractivity contribution is 0.328. The van der Waals surface area contributed by atoms with Crippen LogP contribution in [0.15, 0.2) is 6.07 Å². The maximum Gasteiger partial charge on any atom is 0.225 e. The fraction of sp³-hybridized carbons (Fsp3) is 0.714. The first-order valence-corrected chi connectivity index (χ1v) is 7.10. The third kappa shape index (κ3) is 3.14. The number of nitrogens with zero attached hydrogens (tertiary/aromatic N) is 3. The van der Waals surface area contributed by atoms with Crippen LogP contribution in [-0.4, -0.2) is 28.9 Å². The van der Waals surface area contributed by atoms with Crippen molar-refractivity contribution in [2.24, 2.45) is 5.92 Å². The van der Waals surface area contributed by atoms with Gasteiger partial charge in [-0.15, -0.1) is 11.6 Å². The summed E-state index contributed by atoms with van der Waals surface area (Å²) in [6, 6.07) is 2.07. The summed E-state index contributed by atoms with van der Waals surface area (Å²) in [5.74, 6) is 1.98. The van der Waals surface area contributed by atoms with Crippen molar-refractivity contribution in [1.29, 1.82) is 0 Å². The number of rotatable bonds is 4. The van der Waals surface area contributed by atoms with E-state index < -0.39 is 0 Å². The molecule has 0 bridgehead atoms. The van der Waals surface area contributed by atoms with Crippen LogP contribution in [0.4, 0.5) is 5.95 Å². The molecule has 0 unspecified atom stereocenters. The molecule has 0 aliphatic heterocycles. The minimum absolute atomic E-state index is 0.382. The molecule has 0 N–H and O–H groups in total. The zero-order chi connectivity index (χ0) is 13.3. The van der Waals surface area contributed by atoms with Crippen LogP contribution >= 0.6 is 11.6 Å². The van der Waals surface area contributed by atoms with Crippen LogP contribution in [0, 0.1) is 12.8 Å². The molecule has 2 rings (SSSR count). The number of alkyl halides is 1. The lowest BCUT2D eigenvalue weighted by Gasteiger charge is -2.34. The Morgan fingerprint density at radius 2 is 2.06 bits per heavy atom. The van der Waals surface area contributed by atoms with Crippen LogP contribution in [0.2, 0.25) is 0 Å². The normalized spacial score (nSPS) is 23.0. The van der Waals surface area contributed by atoms with Gasteiger partial charge in [0.1, 0.15) is 0 Å². The molecule has 4 heteroatoms. The Morgan fingerprint density at radius 3 is 2.61 bits per heavy atom. The Kier molecular flexibility index (Phi) is 4.10. The van der Waals surface area contributed by atoms with Gasteiger partial charge in [0.05, 0.1) is 0 Å². The maximum absolute atomic E-state index is 6.02. The summed E-state index contributed by atoms with van der Waals surface area (Å²) in [6.45, 7) is 7.36. The number of anilines is 1. The first-order chi connectivity index (χ1) is 8.45. The molecule has 18 heavy (non-hydrogen) atoms. The summed E-state index contributed by atoms with van der Waals surface area (Å²) in [6.07, 6.45) is 2.24. The summed E-state index contributed by atoms with van der Waals surface area (Å²) in [5.41, 5.74) is 2.16. The second kappa shape index (κ2) is 5.43. The molecule has 0 radical (unpaired) electrons. The second-order valence-corrected chi connectivity index (χ2v) is 6.32. The van der Waals surface area contributed by atoms with Crippen molar-refractivity contribution in [3.05, 3.63) is 17.5 Å². The largest absolute Gasteiger partial charge is 0.344 e. The predicted molar refractivity (Wildman–Crippen MR) is 76.5 cm³/mol. The Bertz CT molecular complexity index is 414. The van der Waals surface area contributed by atoms with E-state index in [1.807, 2.05) is 6.92 Å². The van der Waals surface area contributed by atoms with Crippen molar-refractivity contribution in [1.82, 2.24) is 9.97 Å². The molecule has 0 atom stereocenters. The fourth-order valence-electron chi connectivity index (χ4n) is 2.32. The first kappa shape index (κ1) is 13.6. The van der Waals surface area contributed by atoms with Crippen LogP contribution in [0.1, 0.15) is 44.0 Å². The van der Waals surface area contributed by atoms with E-state index in [0.29, 0.717) is 17.2 Å². The molecule has 100 valence electrons. The zero-order valence-corrected chi connectivity index (χ0v) is 12.4. The van der Waals surface area contributed by atoms with Crippen molar-refractivity contribution in [3.8, 4) is 0 Å². The average Bonchev–Trinajstić information content (AvgIpc) is 2.26. The molecular weight excluding hydrogens is 246 g/mol. The van der Waals surface area contributed by atoms with Crippen LogP contribution in [0.25, 0.3) is 0 Å². The quantitative estimate of drug-likeness (QED) is 0.784. The van der Waals surface area contributed by atoms with Gasteiger partial charge in [-0.1, -0.05) is 13.8 Å². The van der Waals surface area contributed by atoms with Gasteiger partial charge in [-0.2, -0.15) is 0 Å². The Hall–Kier alpha value is -0.830. The van der Waals surface area contributed by atoms with E-state index >= 15 is 0 Å². The molecule has 1 saturated carbocycles. The standard InChI is InChI=1S/C14H22ClN3/c1-9(2)13-5-10(3)16-14(17-13)18(4)8-11-6-12(15)7-11/h5,9,11-12H,6-8H2,1-4H3. The van der Waals surface area contributed by atoms with Gasteiger partial charge in [0.25, 0.3) is 0 Å². The molecule has 0 saturated heterocycles. The summed E-state index contributed by atoms with van der Waals surface area (Å²) in [5, 5.41) is 0.382. The SMILES string of the molecule is Cc1cc(C(C)C)nc(N(C)CC2CC(Cl)C2)n1. The van der Waals surface area contributed by atoms with Crippen LogP contribution < -0.4 is 4.90 Å². The van der Waals surface area contributed by atoms with Crippen LogP contribution in [-0.2, 0) is 0 Å². The topological polar surface area (TPSA) is 29.0 Å². The van der Waals surface area contributed by atoms with E-state index in [4.69, 9.17) is 11.6 Å². The van der Waals surface area contributed by atoms with E-state index in [1.165, 1.54) is 0 Å². The molecule has 1 aromatic rings. The lowest BCUT2D eigenvalue weighted by atomic mass is 9.84. The number of hydrogen-bond donors (Lipinski definition) is 0. The smallest absolute Gasteiger partial charge is 0.225 e. The second-order valence-electron chi connectivity index (χ2n) is 5.70. The van der Waals surface area contributed by atoms with Gasteiger partial charge in [-0.05, 0) is 37.7 Å².